The molecule has 0 aromatic heterocycles. The largest absolute Gasteiger partial charge is 0.493 e. The minimum absolute atomic E-state index is 0.240. The molecule has 2 aromatic carbocycles. The first kappa shape index (κ1) is 13.2. The molecule has 0 saturated carbocycles. The van der Waals surface area contributed by atoms with Crippen molar-refractivity contribution in [3.05, 3.63) is 53.6 Å². The molecule has 0 heterocycles. The van der Waals surface area contributed by atoms with Gasteiger partial charge in [0.25, 0.3) is 0 Å². The smallest absolute Gasteiger partial charge is 0.123 e. The molecule has 0 spiro atoms. The fraction of sp³-hybridized carbons (Fsp3) is 0.333. The Hall–Kier alpha value is -1.80. The normalized spacial score (nSPS) is 13.7. The van der Waals surface area contributed by atoms with Crippen LogP contribution in [0.25, 0.3) is 11.1 Å². The van der Waals surface area contributed by atoms with Crippen LogP contribution in [0, 0.1) is 0 Å². The Kier molecular flexibility index (Phi) is 3.75. The van der Waals surface area contributed by atoms with E-state index in [1.54, 1.807) is 0 Å². The maximum atomic E-state index is 5.97. The van der Waals surface area contributed by atoms with E-state index in [1.165, 1.54) is 22.3 Å². The first-order chi connectivity index (χ1) is 9.79. The van der Waals surface area contributed by atoms with Crippen molar-refractivity contribution in [2.24, 2.45) is 5.73 Å². The van der Waals surface area contributed by atoms with Gasteiger partial charge in [-0.2, -0.15) is 0 Å². The molecular weight excluding hydrogens is 246 g/mol. The van der Waals surface area contributed by atoms with E-state index in [0.717, 1.165) is 25.0 Å². The van der Waals surface area contributed by atoms with Gasteiger partial charge >= 0.3 is 0 Å². The number of fused-ring (bicyclic) bond motifs is 3. The van der Waals surface area contributed by atoms with Crippen LogP contribution in [-0.2, 0) is 6.42 Å². The fourth-order valence-corrected chi connectivity index (χ4v) is 2.79. The van der Waals surface area contributed by atoms with Crippen molar-refractivity contribution in [2.45, 2.75) is 32.2 Å². The van der Waals surface area contributed by atoms with Crippen LogP contribution in [-0.4, -0.2) is 12.6 Å². The zero-order valence-electron chi connectivity index (χ0n) is 11.9. The van der Waals surface area contributed by atoms with E-state index >= 15 is 0 Å². The topological polar surface area (TPSA) is 35.2 Å². The van der Waals surface area contributed by atoms with Gasteiger partial charge in [0.15, 0.2) is 0 Å². The van der Waals surface area contributed by atoms with Crippen LogP contribution in [0.1, 0.15) is 30.9 Å². The Morgan fingerprint density at radius 3 is 2.75 bits per heavy atom. The number of rotatable bonds is 5. The Labute approximate surface area is 120 Å². The molecule has 2 heteroatoms. The number of hydrogen-bond donors (Lipinski definition) is 1. The van der Waals surface area contributed by atoms with Crippen molar-refractivity contribution < 1.29 is 4.74 Å². The average molecular weight is 267 g/mol. The highest BCUT2D eigenvalue weighted by Gasteiger charge is 2.21. The van der Waals surface area contributed by atoms with E-state index in [2.05, 4.69) is 49.4 Å². The SMILES string of the molecule is CCC(N)CCOc1cccc2c1Cc1ccccc1-2. The van der Waals surface area contributed by atoms with Gasteiger partial charge in [0.2, 0.25) is 0 Å². The van der Waals surface area contributed by atoms with E-state index in [9.17, 15) is 0 Å². The van der Waals surface area contributed by atoms with Crippen molar-refractivity contribution in [3.63, 3.8) is 0 Å². The summed E-state index contributed by atoms with van der Waals surface area (Å²) in [7, 11) is 0. The predicted octanol–water partition coefficient (Wildman–Crippen LogP) is 3.76. The summed E-state index contributed by atoms with van der Waals surface area (Å²) in [6.07, 6.45) is 2.89. The minimum atomic E-state index is 0.240. The first-order valence-corrected chi connectivity index (χ1v) is 7.38. The third-order valence-corrected chi connectivity index (χ3v) is 4.08. The van der Waals surface area contributed by atoms with E-state index in [-0.39, 0.29) is 6.04 Å². The van der Waals surface area contributed by atoms with E-state index < -0.39 is 0 Å². The molecular formula is C18H21NO. The van der Waals surface area contributed by atoms with E-state index in [4.69, 9.17) is 10.5 Å². The van der Waals surface area contributed by atoms with Gasteiger partial charge in [0, 0.05) is 18.0 Å². The van der Waals surface area contributed by atoms with Crippen LogP contribution >= 0.6 is 0 Å². The second-order valence-electron chi connectivity index (χ2n) is 5.42. The molecule has 1 atom stereocenters. The molecule has 104 valence electrons. The van der Waals surface area contributed by atoms with Gasteiger partial charge in [-0.25, -0.2) is 0 Å². The monoisotopic (exact) mass is 267 g/mol. The molecule has 0 bridgehead atoms. The lowest BCUT2D eigenvalue weighted by Crippen LogP contribution is -2.21. The highest BCUT2D eigenvalue weighted by molar-refractivity contribution is 5.78. The van der Waals surface area contributed by atoms with E-state index in [0.29, 0.717) is 6.61 Å². The molecule has 1 aliphatic rings. The summed E-state index contributed by atoms with van der Waals surface area (Å²) in [5, 5.41) is 0. The zero-order chi connectivity index (χ0) is 13.9. The van der Waals surface area contributed by atoms with Crippen molar-refractivity contribution >= 4 is 0 Å². The van der Waals surface area contributed by atoms with Crippen LogP contribution in [0.15, 0.2) is 42.5 Å². The van der Waals surface area contributed by atoms with Gasteiger partial charge in [-0.15, -0.1) is 0 Å². The van der Waals surface area contributed by atoms with Crippen molar-refractivity contribution in [2.75, 3.05) is 6.61 Å². The highest BCUT2D eigenvalue weighted by atomic mass is 16.5. The maximum Gasteiger partial charge on any atom is 0.123 e. The first-order valence-electron chi connectivity index (χ1n) is 7.38. The molecule has 2 N–H and O–H groups in total. The summed E-state index contributed by atoms with van der Waals surface area (Å²) in [5.41, 5.74) is 11.3. The molecule has 20 heavy (non-hydrogen) atoms. The Balaban J connectivity index is 1.79. The summed E-state index contributed by atoms with van der Waals surface area (Å²) in [6.45, 7) is 2.81. The third-order valence-electron chi connectivity index (χ3n) is 4.08. The van der Waals surface area contributed by atoms with Crippen LogP contribution in [0.3, 0.4) is 0 Å². The Bertz CT molecular complexity index is 606. The maximum absolute atomic E-state index is 5.97. The summed E-state index contributed by atoms with van der Waals surface area (Å²) in [4.78, 5) is 0. The number of hydrogen-bond acceptors (Lipinski definition) is 2. The fourth-order valence-electron chi connectivity index (χ4n) is 2.79. The molecule has 2 aromatic rings. The van der Waals surface area contributed by atoms with Gasteiger partial charge in [0.05, 0.1) is 6.61 Å². The van der Waals surface area contributed by atoms with Crippen molar-refractivity contribution in [3.8, 4) is 16.9 Å². The Morgan fingerprint density at radius 1 is 1.10 bits per heavy atom. The van der Waals surface area contributed by atoms with Crippen molar-refractivity contribution in [1.82, 2.24) is 0 Å². The van der Waals surface area contributed by atoms with Crippen LogP contribution in [0.2, 0.25) is 0 Å². The molecule has 1 aliphatic carbocycles. The molecule has 1 unspecified atom stereocenters. The lowest BCUT2D eigenvalue weighted by molar-refractivity contribution is 0.294. The third kappa shape index (κ3) is 2.44. The molecule has 3 rings (SSSR count). The van der Waals surface area contributed by atoms with Crippen LogP contribution in [0.5, 0.6) is 5.75 Å². The predicted molar refractivity (Wildman–Crippen MR) is 83.1 cm³/mol. The quantitative estimate of drug-likeness (QED) is 0.764. The van der Waals surface area contributed by atoms with Gasteiger partial charge in [0.1, 0.15) is 5.75 Å². The lowest BCUT2D eigenvalue weighted by atomic mass is 10.1. The standard InChI is InChI=1S/C18H21NO/c1-2-14(19)10-11-20-18-9-5-8-16-15-7-4-3-6-13(15)12-17(16)18/h3-9,14H,2,10-12,19H2,1H3. The van der Waals surface area contributed by atoms with Gasteiger partial charge in [-0.1, -0.05) is 43.3 Å². The molecule has 0 radical (unpaired) electrons. The second kappa shape index (κ2) is 5.68. The number of benzene rings is 2. The van der Waals surface area contributed by atoms with Gasteiger partial charge < -0.3 is 10.5 Å². The van der Waals surface area contributed by atoms with Crippen molar-refractivity contribution in [1.29, 1.82) is 0 Å². The molecule has 0 aliphatic heterocycles. The minimum Gasteiger partial charge on any atom is -0.493 e. The van der Waals surface area contributed by atoms with Gasteiger partial charge in [-0.3, -0.25) is 0 Å². The molecule has 0 saturated heterocycles. The Morgan fingerprint density at radius 2 is 1.90 bits per heavy atom. The highest BCUT2D eigenvalue weighted by Crippen LogP contribution is 2.40. The molecule has 0 amide bonds. The number of ether oxygens (including phenoxy) is 1. The number of nitrogens with two attached hydrogens (primary N) is 1. The zero-order valence-corrected chi connectivity index (χ0v) is 11.9. The molecule has 2 nitrogen and oxygen atoms in total. The average Bonchev–Trinajstić information content (AvgIpc) is 2.86. The summed E-state index contributed by atoms with van der Waals surface area (Å²) in [5.74, 6) is 1.02. The van der Waals surface area contributed by atoms with E-state index in [1.807, 2.05) is 0 Å². The summed E-state index contributed by atoms with van der Waals surface area (Å²) < 4.78 is 5.97. The second-order valence-corrected chi connectivity index (χ2v) is 5.42. The van der Waals surface area contributed by atoms with Gasteiger partial charge in [-0.05, 0) is 35.6 Å². The lowest BCUT2D eigenvalue weighted by Gasteiger charge is -2.13. The molecule has 0 fully saturated rings. The summed E-state index contributed by atoms with van der Waals surface area (Å²) >= 11 is 0. The summed E-state index contributed by atoms with van der Waals surface area (Å²) in [6, 6.07) is 15.2. The van der Waals surface area contributed by atoms with Crippen LogP contribution < -0.4 is 10.5 Å². The van der Waals surface area contributed by atoms with Crippen LogP contribution in [0.4, 0.5) is 0 Å².